The van der Waals surface area contributed by atoms with Crippen LogP contribution in [0.25, 0.3) is 0 Å². The van der Waals surface area contributed by atoms with E-state index in [1.165, 1.54) is 12.0 Å². The van der Waals surface area contributed by atoms with Crippen molar-refractivity contribution < 1.29 is 9.47 Å². The minimum Gasteiger partial charge on any atom is -0.486 e. The molecule has 0 saturated carbocycles. The molecular weight excluding hydrogens is 200 g/mol. The Morgan fingerprint density at radius 2 is 1.81 bits per heavy atom. The highest BCUT2D eigenvalue weighted by atomic mass is 16.6. The second kappa shape index (κ2) is 4.36. The van der Waals surface area contributed by atoms with Crippen molar-refractivity contribution in [2.45, 2.75) is 33.6 Å². The number of fused-ring (bicyclic) bond motifs is 1. The molecule has 0 radical (unpaired) electrons. The Morgan fingerprint density at radius 3 is 2.50 bits per heavy atom. The second-order valence-corrected chi connectivity index (χ2v) is 5.17. The lowest BCUT2D eigenvalue weighted by molar-refractivity contribution is 0.171. The van der Waals surface area contributed by atoms with Gasteiger partial charge in [-0.3, -0.25) is 0 Å². The summed E-state index contributed by atoms with van der Waals surface area (Å²) in [7, 11) is 0. The molecule has 1 aromatic carbocycles. The van der Waals surface area contributed by atoms with Crippen molar-refractivity contribution in [3.8, 4) is 11.5 Å². The van der Waals surface area contributed by atoms with Gasteiger partial charge in [0.05, 0.1) is 0 Å². The highest BCUT2D eigenvalue weighted by Crippen LogP contribution is 2.33. The van der Waals surface area contributed by atoms with Crippen molar-refractivity contribution in [2.75, 3.05) is 13.2 Å². The molecule has 0 amide bonds. The second-order valence-electron chi connectivity index (χ2n) is 5.17. The van der Waals surface area contributed by atoms with Gasteiger partial charge in [-0.25, -0.2) is 0 Å². The Balaban J connectivity index is 2.17. The van der Waals surface area contributed by atoms with Gasteiger partial charge in [-0.15, -0.1) is 0 Å². The van der Waals surface area contributed by atoms with E-state index in [1.807, 2.05) is 6.07 Å². The SMILES string of the molecule is CCC(C)(C)Cc1ccc2c(c1)OCCO2. The monoisotopic (exact) mass is 220 g/mol. The highest BCUT2D eigenvalue weighted by molar-refractivity contribution is 5.44. The van der Waals surface area contributed by atoms with E-state index in [2.05, 4.69) is 32.9 Å². The summed E-state index contributed by atoms with van der Waals surface area (Å²) in [4.78, 5) is 0. The first-order valence-corrected chi connectivity index (χ1v) is 5.99. The van der Waals surface area contributed by atoms with E-state index in [9.17, 15) is 0 Å². The maximum absolute atomic E-state index is 5.59. The first kappa shape index (κ1) is 11.3. The van der Waals surface area contributed by atoms with Gasteiger partial charge in [0.1, 0.15) is 13.2 Å². The zero-order valence-corrected chi connectivity index (χ0v) is 10.4. The lowest BCUT2D eigenvalue weighted by Crippen LogP contribution is -2.17. The van der Waals surface area contributed by atoms with Crippen LogP contribution in [0, 0.1) is 5.41 Å². The predicted octanol–water partition coefficient (Wildman–Crippen LogP) is 3.44. The van der Waals surface area contributed by atoms with Gasteiger partial charge in [0, 0.05) is 0 Å². The summed E-state index contributed by atoms with van der Waals surface area (Å²) in [5, 5.41) is 0. The van der Waals surface area contributed by atoms with E-state index in [0.717, 1.165) is 17.9 Å². The van der Waals surface area contributed by atoms with Gasteiger partial charge in [-0.05, 0) is 29.5 Å². The fraction of sp³-hybridized carbons (Fsp3) is 0.571. The Labute approximate surface area is 97.6 Å². The minimum absolute atomic E-state index is 0.351. The molecule has 1 aromatic rings. The van der Waals surface area contributed by atoms with Crippen molar-refractivity contribution in [1.82, 2.24) is 0 Å². The summed E-state index contributed by atoms with van der Waals surface area (Å²) in [6, 6.07) is 6.28. The Hall–Kier alpha value is -1.18. The highest BCUT2D eigenvalue weighted by Gasteiger charge is 2.18. The van der Waals surface area contributed by atoms with Gasteiger partial charge < -0.3 is 9.47 Å². The summed E-state index contributed by atoms with van der Waals surface area (Å²) in [6.07, 6.45) is 2.27. The number of rotatable bonds is 3. The first-order valence-electron chi connectivity index (χ1n) is 5.99. The zero-order valence-electron chi connectivity index (χ0n) is 10.4. The third-order valence-electron chi connectivity index (χ3n) is 3.25. The minimum atomic E-state index is 0.351. The molecule has 0 aromatic heterocycles. The molecule has 0 unspecified atom stereocenters. The number of benzene rings is 1. The third-order valence-corrected chi connectivity index (χ3v) is 3.25. The van der Waals surface area contributed by atoms with Crippen LogP contribution in [0.15, 0.2) is 18.2 Å². The summed E-state index contributed by atoms with van der Waals surface area (Å²) in [6.45, 7) is 8.14. The maximum Gasteiger partial charge on any atom is 0.161 e. The molecule has 1 aliphatic heterocycles. The molecule has 2 heteroatoms. The van der Waals surface area contributed by atoms with E-state index in [4.69, 9.17) is 9.47 Å². The van der Waals surface area contributed by atoms with Crippen molar-refractivity contribution in [3.63, 3.8) is 0 Å². The van der Waals surface area contributed by atoms with E-state index in [0.29, 0.717) is 18.6 Å². The van der Waals surface area contributed by atoms with Crippen molar-refractivity contribution >= 4 is 0 Å². The van der Waals surface area contributed by atoms with Crippen LogP contribution >= 0.6 is 0 Å². The molecule has 0 saturated heterocycles. The zero-order chi connectivity index (χ0) is 11.6. The van der Waals surface area contributed by atoms with Crippen molar-refractivity contribution in [1.29, 1.82) is 0 Å². The van der Waals surface area contributed by atoms with Crippen LogP contribution < -0.4 is 9.47 Å². The molecule has 2 nitrogen and oxygen atoms in total. The normalized spacial score (nSPS) is 14.9. The molecule has 1 heterocycles. The number of hydrogen-bond donors (Lipinski definition) is 0. The van der Waals surface area contributed by atoms with Gasteiger partial charge >= 0.3 is 0 Å². The molecule has 88 valence electrons. The van der Waals surface area contributed by atoms with Gasteiger partial charge in [-0.1, -0.05) is 33.3 Å². The van der Waals surface area contributed by atoms with Crippen LogP contribution in [0.4, 0.5) is 0 Å². The molecule has 0 N–H and O–H groups in total. The summed E-state index contributed by atoms with van der Waals surface area (Å²) < 4.78 is 11.1. The van der Waals surface area contributed by atoms with Crippen LogP contribution in [-0.4, -0.2) is 13.2 Å². The summed E-state index contributed by atoms with van der Waals surface area (Å²) in [5.74, 6) is 1.78. The first-order chi connectivity index (χ1) is 7.61. The number of ether oxygens (including phenoxy) is 2. The fourth-order valence-corrected chi connectivity index (χ4v) is 1.88. The molecule has 0 spiro atoms. The quantitative estimate of drug-likeness (QED) is 0.777. The molecule has 1 aliphatic rings. The molecular formula is C14H20O2. The predicted molar refractivity (Wildman–Crippen MR) is 65.2 cm³/mol. The van der Waals surface area contributed by atoms with Gasteiger partial charge in [0.25, 0.3) is 0 Å². The van der Waals surface area contributed by atoms with Crippen LogP contribution in [0.5, 0.6) is 11.5 Å². The fourth-order valence-electron chi connectivity index (χ4n) is 1.88. The molecule has 0 fully saturated rings. The molecule has 16 heavy (non-hydrogen) atoms. The van der Waals surface area contributed by atoms with Crippen LogP contribution in [0.3, 0.4) is 0 Å². The molecule has 0 atom stereocenters. The number of hydrogen-bond acceptors (Lipinski definition) is 2. The van der Waals surface area contributed by atoms with Crippen molar-refractivity contribution in [3.05, 3.63) is 23.8 Å². The summed E-state index contributed by atoms with van der Waals surface area (Å²) in [5.41, 5.74) is 1.68. The maximum atomic E-state index is 5.59. The van der Waals surface area contributed by atoms with E-state index >= 15 is 0 Å². The average molecular weight is 220 g/mol. The third kappa shape index (κ3) is 2.49. The van der Waals surface area contributed by atoms with Crippen LogP contribution in [0.2, 0.25) is 0 Å². The largest absolute Gasteiger partial charge is 0.486 e. The molecule has 2 rings (SSSR count). The van der Waals surface area contributed by atoms with E-state index in [-0.39, 0.29) is 0 Å². The van der Waals surface area contributed by atoms with Gasteiger partial charge in [0.15, 0.2) is 11.5 Å². The van der Waals surface area contributed by atoms with E-state index in [1.54, 1.807) is 0 Å². The lowest BCUT2D eigenvalue weighted by atomic mass is 9.83. The topological polar surface area (TPSA) is 18.5 Å². The average Bonchev–Trinajstić information content (AvgIpc) is 2.28. The lowest BCUT2D eigenvalue weighted by Gasteiger charge is -2.24. The smallest absolute Gasteiger partial charge is 0.161 e. The van der Waals surface area contributed by atoms with E-state index < -0.39 is 0 Å². The summed E-state index contributed by atoms with van der Waals surface area (Å²) >= 11 is 0. The molecule has 0 bridgehead atoms. The Morgan fingerprint density at radius 1 is 1.12 bits per heavy atom. The van der Waals surface area contributed by atoms with Crippen LogP contribution in [0.1, 0.15) is 32.8 Å². The molecule has 0 aliphatic carbocycles. The van der Waals surface area contributed by atoms with Crippen molar-refractivity contribution in [2.24, 2.45) is 5.41 Å². The van der Waals surface area contributed by atoms with Crippen LogP contribution in [-0.2, 0) is 6.42 Å². The Bertz CT molecular complexity index is 369. The standard InChI is InChI=1S/C14H20O2/c1-4-14(2,3)10-11-5-6-12-13(9-11)16-8-7-15-12/h5-6,9H,4,7-8,10H2,1-3H3. The van der Waals surface area contributed by atoms with Gasteiger partial charge in [0.2, 0.25) is 0 Å². The Kier molecular flexibility index (Phi) is 3.08. The van der Waals surface area contributed by atoms with Gasteiger partial charge in [-0.2, -0.15) is 0 Å².